The van der Waals surface area contributed by atoms with Crippen molar-refractivity contribution in [1.82, 2.24) is 10.6 Å². The van der Waals surface area contributed by atoms with Crippen LogP contribution in [-0.2, 0) is 11.3 Å². The molecule has 2 aromatic rings. The molecule has 1 aliphatic heterocycles. The first-order chi connectivity index (χ1) is 15.6. The molecule has 0 bridgehead atoms. The second-order valence-corrected chi connectivity index (χ2v) is 8.68. The van der Waals surface area contributed by atoms with Crippen LogP contribution in [0.4, 0.5) is 16.2 Å². The van der Waals surface area contributed by atoms with Crippen LogP contribution < -0.4 is 25.6 Å². The molecule has 170 valence electrons. The summed E-state index contributed by atoms with van der Waals surface area (Å²) in [4.78, 5) is 26.7. The van der Waals surface area contributed by atoms with E-state index in [2.05, 4.69) is 26.9 Å². The minimum Gasteiger partial charge on any atom is -0.497 e. The molecule has 1 aliphatic carbocycles. The number of nitrogens with one attached hydrogen (secondary N) is 3. The van der Waals surface area contributed by atoms with Gasteiger partial charge in [-0.15, -0.1) is 0 Å². The van der Waals surface area contributed by atoms with Gasteiger partial charge >= 0.3 is 6.03 Å². The number of carbonyl (C=O) groups is 2. The first-order valence-electron chi connectivity index (χ1n) is 11.4. The number of benzene rings is 2. The van der Waals surface area contributed by atoms with Crippen molar-refractivity contribution in [3.8, 4) is 5.75 Å². The van der Waals surface area contributed by atoms with E-state index < -0.39 is 0 Å². The number of rotatable bonds is 8. The van der Waals surface area contributed by atoms with Gasteiger partial charge in [-0.3, -0.25) is 4.79 Å². The standard InChI is InChI=1S/C25H32N4O3/c1-32-23-10-4-9-22(14-23)29-12-11-19(17-29)16-27-25(31)26-15-18-5-2-8-21(13-18)28-24(30)20-6-3-7-20/h2,4-5,8-10,13-14,19-20H,3,6-7,11-12,15-17H2,1H3,(H,28,30)(H2,26,27,31). The van der Waals surface area contributed by atoms with Gasteiger partial charge < -0.3 is 25.6 Å². The average molecular weight is 437 g/mol. The number of methoxy groups -OCH3 is 1. The fraction of sp³-hybridized carbons (Fsp3) is 0.440. The SMILES string of the molecule is COc1cccc(N2CCC(CNC(=O)NCc3cccc(NC(=O)C4CCC4)c3)C2)c1. The topological polar surface area (TPSA) is 82.7 Å². The van der Waals surface area contributed by atoms with Crippen molar-refractivity contribution in [2.75, 3.05) is 37.0 Å². The van der Waals surface area contributed by atoms with Crippen LogP contribution in [0.25, 0.3) is 0 Å². The van der Waals surface area contributed by atoms with E-state index in [0.29, 0.717) is 19.0 Å². The summed E-state index contributed by atoms with van der Waals surface area (Å²) in [5.41, 5.74) is 2.89. The minimum atomic E-state index is -0.172. The number of hydrogen-bond acceptors (Lipinski definition) is 4. The lowest BCUT2D eigenvalue weighted by molar-refractivity contribution is -0.122. The first kappa shape index (κ1) is 22.0. The number of nitrogens with zero attached hydrogens (tertiary/aromatic N) is 1. The summed E-state index contributed by atoms with van der Waals surface area (Å²) >= 11 is 0. The Bertz CT molecular complexity index is 944. The monoisotopic (exact) mass is 436 g/mol. The van der Waals surface area contributed by atoms with Crippen molar-refractivity contribution in [2.24, 2.45) is 11.8 Å². The van der Waals surface area contributed by atoms with Crippen molar-refractivity contribution < 1.29 is 14.3 Å². The van der Waals surface area contributed by atoms with Crippen molar-refractivity contribution in [3.05, 3.63) is 54.1 Å². The molecule has 1 heterocycles. The average Bonchev–Trinajstić information content (AvgIpc) is 3.24. The third-order valence-corrected chi connectivity index (χ3v) is 6.38. The molecule has 4 rings (SSSR count). The van der Waals surface area contributed by atoms with Gasteiger partial charge in [0.1, 0.15) is 5.75 Å². The number of ether oxygens (including phenoxy) is 1. The summed E-state index contributed by atoms with van der Waals surface area (Å²) in [5.74, 6) is 1.52. The Kier molecular flexibility index (Phi) is 7.14. The van der Waals surface area contributed by atoms with E-state index >= 15 is 0 Å². The Morgan fingerprint density at radius 2 is 1.91 bits per heavy atom. The Morgan fingerprint density at radius 1 is 1.06 bits per heavy atom. The van der Waals surface area contributed by atoms with Gasteiger partial charge in [0.2, 0.25) is 5.91 Å². The van der Waals surface area contributed by atoms with Crippen molar-refractivity contribution in [2.45, 2.75) is 32.2 Å². The van der Waals surface area contributed by atoms with E-state index in [9.17, 15) is 9.59 Å². The van der Waals surface area contributed by atoms with Gasteiger partial charge in [0.25, 0.3) is 0 Å². The lowest BCUT2D eigenvalue weighted by Crippen LogP contribution is -2.38. The number of carbonyl (C=O) groups excluding carboxylic acids is 2. The van der Waals surface area contributed by atoms with E-state index in [1.54, 1.807) is 7.11 Å². The summed E-state index contributed by atoms with van der Waals surface area (Å²) in [6, 6.07) is 15.6. The molecular weight excluding hydrogens is 404 g/mol. The van der Waals surface area contributed by atoms with E-state index in [1.807, 2.05) is 42.5 Å². The van der Waals surface area contributed by atoms with Crippen molar-refractivity contribution in [3.63, 3.8) is 0 Å². The Balaban J connectivity index is 1.18. The molecular formula is C25H32N4O3. The highest BCUT2D eigenvalue weighted by atomic mass is 16.5. The van der Waals surface area contributed by atoms with E-state index in [-0.39, 0.29) is 17.9 Å². The lowest BCUT2D eigenvalue weighted by atomic mass is 9.85. The molecule has 1 atom stereocenters. The predicted molar refractivity (Wildman–Crippen MR) is 126 cm³/mol. The molecule has 3 N–H and O–H groups in total. The Labute approximate surface area is 189 Å². The van der Waals surface area contributed by atoms with Gasteiger partial charge in [-0.2, -0.15) is 0 Å². The van der Waals surface area contributed by atoms with Crippen LogP contribution in [0.1, 0.15) is 31.2 Å². The summed E-state index contributed by atoms with van der Waals surface area (Å²) < 4.78 is 5.32. The molecule has 32 heavy (non-hydrogen) atoms. The van der Waals surface area contributed by atoms with E-state index in [4.69, 9.17) is 4.74 Å². The Morgan fingerprint density at radius 3 is 2.69 bits per heavy atom. The fourth-order valence-corrected chi connectivity index (χ4v) is 4.20. The van der Waals surface area contributed by atoms with Crippen molar-refractivity contribution >= 4 is 23.3 Å². The zero-order valence-electron chi connectivity index (χ0n) is 18.6. The molecule has 2 aliphatic rings. The zero-order valence-corrected chi connectivity index (χ0v) is 18.6. The predicted octanol–water partition coefficient (Wildman–Crippen LogP) is 3.76. The van der Waals surface area contributed by atoms with Gasteiger partial charge in [-0.25, -0.2) is 4.79 Å². The fourth-order valence-electron chi connectivity index (χ4n) is 4.20. The number of anilines is 2. The highest BCUT2D eigenvalue weighted by Crippen LogP contribution is 2.28. The second kappa shape index (κ2) is 10.4. The van der Waals surface area contributed by atoms with Crippen molar-refractivity contribution in [1.29, 1.82) is 0 Å². The molecule has 0 aromatic heterocycles. The van der Waals surface area contributed by atoms with Gasteiger partial charge in [0.15, 0.2) is 0 Å². The second-order valence-electron chi connectivity index (χ2n) is 8.68. The zero-order chi connectivity index (χ0) is 22.3. The first-order valence-corrected chi connectivity index (χ1v) is 11.4. The van der Waals surface area contributed by atoms with Crippen LogP contribution in [0.15, 0.2) is 48.5 Å². The van der Waals surface area contributed by atoms with Crippen LogP contribution in [0, 0.1) is 11.8 Å². The van der Waals surface area contributed by atoms with Crippen LogP contribution in [0.3, 0.4) is 0 Å². The van der Waals surface area contributed by atoms with Crippen LogP contribution >= 0.6 is 0 Å². The number of hydrogen-bond donors (Lipinski definition) is 3. The van der Waals surface area contributed by atoms with Crippen LogP contribution in [0.5, 0.6) is 5.75 Å². The summed E-state index contributed by atoms with van der Waals surface area (Å²) in [7, 11) is 1.68. The highest BCUT2D eigenvalue weighted by Gasteiger charge is 2.25. The minimum absolute atomic E-state index is 0.0960. The molecule has 7 heteroatoms. The molecule has 2 fully saturated rings. The van der Waals surface area contributed by atoms with E-state index in [1.165, 1.54) is 0 Å². The molecule has 2 aromatic carbocycles. The highest BCUT2D eigenvalue weighted by molar-refractivity contribution is 5.93. The summed E-state index contributed by atoms with van der Waals surface area (Å²) in [6.07, 6.45) is 4.13. The third-order valence-electron chi connectivity index (χ3n) is 6.38. The largest absolute Gasteiger partial charge is 0.497 e. The van der Waals surface area contributed by atoms with Crippen LogP contribution in [0.2, 0.25) is 0 Å². The van der Waals surface area contributed by atoms with Gasteiger partial charge in [-0.05, 0) is 55.0 Å². The van der Waals surface area contributed by atoms with Gasteiger partial charge in [-0.1, -0.05) is 24.6 Å². The molecule has 1 saturated heterocycles. The third kappa shape index (κ3) is 5.72. The normalized spacial score (nSPS) is 18.0. The lowest BCUT2D eigenvalue weighted by Gasteiger charge is -2.24. The van der Waals surface area contributed by atoms with Crippen LogP contribution in [-0.4, -0.2) is 38.7 Å². The molecule has 1 saturated carbocycles. The summed E-state index contributed by atoms with van der Waals surface area (Å²) in [5, 5.41) is 8.89. The molecule has 3 amide bonds. The quantitative estimate of drug-likeness (QED) is 0.588. The van der Waals surface area contributed by atoms with E-state index in [0.717, 1.165) is 61.5 Å². The van der Waals surface area contributed by atoms with Gasteiger partial charge in [0, 0.05) is 49.5 Å². The van der Waals surface area contributed by atoms with Gasteiger partial charge in [0.05, 0.1) is 7.11 Å². The summed E-state index contributed by atoms with van der Waals surface area (Å²) in [6.45, 7) is 2.94. The smallest absolute Gasteiger partial charge is 0.315 e. The molecule has 0 spiro atoms. The molecule has 7 nitrogen and oxygen atoms in total. The maximum Gasteiger partial charge on any atom is 0.315 e. The maximum atomic E-state index is 12.3. The number of urea groups is 1. The molecule has 1 unspecified atom stereocenters. The maximum absolute atomic E-state index is 12.3. The Hall–Kier alpha value is -3.22. The number of amides is 3. The molecule has 0 radical (unpaired) electrons.